The second-order valence-electron chi connectivity index (χ2n) is 9.15. The molecule has 7 nitrogen and oxygen atoms in total. The van der Waals surface area contributed by atoms with E-state index in [1.54, 1.807) is 43.3 Å². The highest BCUT2D eigenvalue weighted by Crippen LogP contribution is 2.43. The van der Waals surface area contributed by atoms with E-state index < -0.39 is 17.7 Å². The first-order valence-electron chi connectivity index (χ1n) is 12.3. The van der Waals surface area contributed by atoms with Crippen LogP contribution in [0.4, 0.5) is 5.69 Å². The number of benzene rings is 3. The van der Waals surface area contributed by atoms with Crippen LogP contribution in [0.25, 0.3) is 5.76 Å². The molecule has 1 fully saturated rings. The highest BCUT2D eigenvalue weighted by atomic mass is 16.5. The van der Waals surface area contributed by atoms with Crippen molar-refractivity contribution in [2.75, 3.05) is 18.1 Å². The van der Waals surface area contributed by atoms with Gasteiger partial charge in [0, 0.05) is 17.7 Å². The highest BCUT2D eigenvalue weighted by Gasteiger charge is 2.47. The smallest absolute Gasteiger partial charge is 0.310 e. The average Bonchev–Trinajstić information content (AvgIpc) is 3.46. The molecule has 188 valence electrons. The minimum absolute atomic E-state index is 0.0325. The van der Waals surface area contributed by atoms with Gasteiger partial charge in [0.25, 0.3) is 11.7 Å². The van der Waals surface area contributed by atoms with E-state index in [1.165, 1.54) is 4.90 Å². The summed E-state index contributed by atoms with van der Waals surface area (Å²) in [5.41, 5.74) is 4.33. The van der Waals surface area contributed by atoms with Crippen molar-refractivity contribution in [3.8, 4) is 5.75 Å². The van der Waals surface area contributed by atoms with Crippen LogP contribution in [0.2, 0.25) is 0 Å². The molecule has 2 aliphatic rings. The minimum Gasteiger partial charge on any atom is -0.507 e. The van der Waals surface area contributed by atoms with E-state index in [1.807, 2.05) is 37.3 Å². The Kier molecular flexibility index (Phi) is 6.53. The lowest BCUT2D eigenvalue weighted by Gasteiger charge is -2.26. The summed E-state index contributed by atoms with van der Waals surface area (Å²) in [5.74, 6) is -1.28. The van der Waals surface area contributed by atoms with Crippen molar-refractivity contribution in [1.82, 2.24) is 0 Å². The summed E-state index contributed by atoms with van der Waals surface area (Å²) in [6, 6.07) is 18.9. The van der Waals surface area contributed by atoms with E-state index in [9.17, 15) is 19.5 Å². The average molecular weight is 498 g/mol. The summed E-state index contributed by atoms with van der Waals surface area (Å²) >= 11 is 0. The zero-order chi connectivity index (χ0) is 26.1. The largest absolute Gasteiger partial charge is 0.507 e. The number of aliphatic hydroxyl groups excluding tert-OH is 1. The van der Waals surface area contributed by atoms with Crippen LogP contribution in [0.1, 0.15) is 40.8 Å². The Morgan fingerprint density at radius 1 is 1.08 bits per heavy atom. The lowest BCUT2D eigenvalue weighted by molar-refractivity contribution is -0.142. The standard InChI is InChI=1S/C30H27NO6/c1-3-36-25(32)16-19-7-10-23(11-8-19)31-27(21-6-4-5-18(2)15-21)26(29(34)30(31)35)28(33)22-9-12-24-20(17-22)13-14-37-24/h4-12,15,17,27,33H,3,13-14,16H2,1-2H3/b28-26-. The molecule has 7 heteroatoms. The predicted molar refractivity (Wildman–Crippen MR) is 138 cm³/mol. The number of amides is 1. The van der Waals surface area contributed by atoms with Crippen molar-refractivity contribution in [1.29, 1.82) is 0 Å². The lowest BCUT2D eigenvalue weighted by atomic mass is 9.93. The topological polar surface area (TPSA) is 93.1 Å². The van der Waals surface area contributed by atoms with Gasteiger partial charge < -0.3 is 14.6 Å². The Morgan fingerprint density at radius 3 is 2.59 bits per heavy atom. The van der Waals surface area contributed by atoms with Gasteiger partial charge in [-0.3, -0.25) is 19.3 Å². The molecule has 1 N–H and O–H groups in total. The quantitative estimate of drug-likeness (QED) is 0.230. The Morgan fingerprint density at radius 2 is 1.86 bits per heavy atom. The second-order valence-corrected chi connectivity index (χ2v) is 9.15. The Labute approximate surface area is 214 Å². The van der Waals surface area contributed by atoms with E-state index in [0.29, 0.717) is 36.4 Å². The summed E-state index contributed by atoms with van der Waals surface area (Å²) in [5, 5.41) is 11.4. The van der Waals surface area contributed by atoms with Crippen molar-refractivity contribution < 1.29 is 29.0 Å². The molecule has 1 atom stereocenters. The Balaban J connectivity index is 1.59. The zero-order valence-electron chi connectivity index (χ0n) is 20.7. The lowest BCUT2D eigenvalue weighted by Crippen LogP contribution is -2.29. The van der Waals surface area contributed by atoms with E-state index in [2.05, 4.69) is 0 Å². The Hall–Kier alpha value is -4.39. The maximum atomic E-state index is 13.4. The van der Waals surface area contributed by atoms with Crippen LogP contribution in [0, 0.1) is 6.92 Å². The van der Waals surface area contributed by atoms with Gasteiger partial charge in [0.2, 0.25) is 0 Å². The molecule has 1 unspecified atom stereocenters. The first kappa shape index (κ1) is 24.3. The van der Waals surface area contributed by atoms with Gasteiger partial charge in [0.05, 0.1) is 31.2 Å². The summed E-state index contributed by atoms with van der Waals surface area (Å²) in [6.07, 6.45) is 0.820. The van der Waals surface area contributed by atoms with Crippen molar-refractivity contribution in [3.63, 3.8) is 0 Å². The van der Waals surface area contributed by atoms with Crippen LogP contribution in [0.15, 0.2) is 72.3 Å². The van der Waals surface area contributed by atoms with Crippen molar-refractivity contribution >= 4 is 29.1 Å². The normalized spacial score (nSPS) is 18.0. The highest BCUT2D eigenvalue weighted by molar-refractivity contribution is 6.51. The number of fused-ring (bicyclic) bond motifs is 1. The van der Waals surface area contributed by atoms with E-state index >= 15 is 0 Å². The molecule has 1 amide bonds. The number of carbonyl (C=O) groups excluding carboxylic acids is 3. The molecular weight excluding hydrogens is 470 g/mol. The number of anilines is 1. The van der Waals surface area contributed by atoms with E-state index in [-0.39, 0.29) is 23.7 Å². The number of ether oxygens (including phenoxy) is 2. The third kappa shape index (κ3) is 4.60. The maximum Gasteiger partial charge on any atom is 0.310 e. The van der Waals surface area contributed by atoms with Gasteiger partial charge in [-0.1, -0.05) is 42.0 Å². The first-order valence-corrected chi connectivity index (χ1v) is 12.3. The second kappa shape index (κ2) is 9.93. The molecular formula is C30H27NO6. The van der Waals surface area contributed by atoms with Gasteiger partial charge in [-0.2, -0.15) is 0 Å². The van der Waals surface area contributed by atoms with Crippen LogP contribution in [-0.4, -0.2) is 36.0 Å². The third-order valence-electron chi connectivity index (χ3n) is 6.63. The van der Waals surface area contributed by atoms with Crippen LogP contribution < -0.4 is 9.64 Å². The summed E-state index contributed by atoms with van der Waals surface area (Å²) < 4.78 is 10.6. The molecule has 2 aliphatic heterocycles. The molecule has 5 rings (SSSR count). The van der Waals surface area contributed by atoms with Crippen molar-refractivity contribution in [3.05, 3.63) is 100 Å². The zero-order valence-corrected chi connectivity index (χ0v) is 20.7. The van der Waals surface area contributed by atoms with Crippen LogP contribution >= 0.6 is 0 Å². The summed E-state index contributed by atoms with van der Waals surface area (Å²) in [6.45, 7) is 4.55. The molecule has 0 bridgehead atoms. The van der Waals surface area contributed by atoms with Crippen molar-refractivity contribution in [2.24, 2.45) is 0 Å². The number of aryl methyl sites for hydroxylation is 1. The molecule has 0 radical (unpaired) electrons. The molecule has 3 aromatic rings. The van der Waals surface area contributed by atoms with Gasteiger partial charge in [-0.25, -0.2) is 0 Å². The third-order valence-corrected chi connectivity index (χ3v) is 6.63. The summed E-state index contributed by atoms with van der Waals surface area (Å²) in [7, 11) is 0. The van der Waals surface area contributed by atoms with Gasteiger partial charge >= 0.3 is 5.97 Å². The molecule has 2 heterocycles. The van der Waals surface area contributed by atoms with Gasteiger partial charge in [-0.05, 0) is 60.9 Å². The summed E-state index contributed by atoms with van der Waals surface area (Å²) in [4.78, 5) is 40.1. The molecule has 0 aromatic heterocycles. The fourth-order valence-electron chi connectivity index (χ4n) is 4.90. The van der Waals surface area contributed by atoms with E-state index in [4.69, 9.17) is 9.47 Å². The fraction of sp³-hybridized carbons (Fsp3) is 0.233. The molecule has 1 saturated heterocycles. The maximum absolute atomic E-state index is 13.4. The first-order chi connectivity index (χ1) is 17.9. The fourth-order valence-corrected chi connectivity index (χ4v) is 4.90. The van der Waals surface area contributed by atoms with Gasteiger partial charge in [0.15, 0.2) is 0 Å². The number of Topliss-reactive ketones (excluding diaryl/α,β-unsaturated/α-hetero) is 1. The Bertz CT molecular complexity index is 1420. The van der Waals surface area contributed by atoms with Crippen molar-refractivity contribution in [2.45, 2.75) is 32.7 Å². The van der Waals surface area contributed by atoms with Crippen LogP contribution in [0.3, 0.4) is 0 Å². The number of carbonyl (C=O) groups is 3. The number of hydrogen-bond donors (Lipinski definition) is 1. The SMILES string of the molecule is CCOC(=O)Cc1ccc(N2C(=O)C(=O)/C(=C(\O)c3ccc4c(c3)CCO4)C2c2cccc(C)c2)cc1. The van der Waals surface area contributed by atoms with Gasteiger partial charge in [-0.15, -0.1) is 0 Å². The monoisotopic (exact) mass is 497 g/mol. The number of rotatable bonds is 6. The number of aliphatic hydroxyl groups is 1. The number of esters is 1. The molecule has 0 saturated carbocycles. The molecule has 0 aliphatic carbocycles. The number of ketones is 1. The van der Waals surface area contributed by atoms with Gasteiger partial charge in [0.1, 0.15) is 11.5 Å². The minimum atomic E-state index is -0.819. The van der Waals surface area contributed by atoms with E-state index in [0.717, 1.165) is 22.4 Å². The molecule has 37 heavy (non-hydrogen) atoms. The van der Waals surface area contributed by atoms with Crippen LogP contribution in [-0.2, 0) is 32.0 Å². The predicted octanol–water partition coefficient (Wildman–Crippen LogP) is 4.66. The number of hydrogen-bond acceptors (Lipinski definition) is 6. The molecule has 0 spiro atoms. The van der Waals surface area contributed by atoms with Crippen LogP contribution in [0.5, 0.6) is 5.75 Å². The number of nitrogens with zero attached hydrogens (tertiary/aromatic N) is 1. The molecule has 3 aromatic carbocycles.